The van der Waals surface area contributed by atoms with Crippen LogP contribution >= 0.6 is 11.8 Å². The number of aliphatic hydroxyl groups excluding tert-OH is 3. The molecule has 4 unspecified atom stereocenters. The summed E-state index contributed by atoms with van der Waals surface area (Å²) in [5.41, 5.74) is 4.51. The minimum atomic E-state index is -0.916. The third-order valence-electron chi connectivity index (χ3n) is 5.41. The summed E-state index contributed by atoms with van der Waals surface area (Å²) in [5.74, 6) is 1.64. The third kappa shape index (κ3) is 5.07. The van der Waals surface area contributed by atoms with E-state index in [1.807, 2.05) is 25.1 Å². The fourth-order valence-corrected chi connectivity index (χ4v) is 5.25. The highest BCUT2D eigenvalue weighted by Crippen LogP contribution is 2.46. The molecule has 3 rings (SSSR count). The Hall–Kier alpha value is -1.73. The Morgan fingerprint density at radius 3 is 2.48 bits per heavy atom. The SMILES string of the molecule is CCOc1ccc(Cc2cc(C3CC(O)C(O)C(CO)S3)c(OC)cc2C)cc1. The van der Waals surface area contributed by atoms with E-state index in [4.69, 9.17) is 9.47 Å². The van der Waals surface area contributed by atoms with Crippen LogP contribution in [0.25, 0.3) is 0 Å². The highest BCUT2D eigenvalue weighted by atomic mass is 32.2. The molecule has 0 aliphatic carbocycles. The van der Waals surface area contributed by atoms with Crippen LogP contribution in [0.5, 0.6) is 11.5 Å². The van der Waals surface area contributed by atoms with E-state index in [1.54, 1.807) is 7.11 Å². The van der Waals surface area contributed by atoms with Gasteiger partial charge in [-0.25, -0.2) is 0 Å². The lowest BCUT2D eigenvalue weighted by Gasteiger charge is -2.36. The average molecular weight is 419 g/mol. The molecular formula is C23H30O5S. The van der Waals surface area contributed by atoms with Crippen molar-refractivity contribution in [2.45, 2.75) is 49.4 Å². The molecule has 29 heavy (non-hydrogen) atoms. The second kappa shape index (κ2) is 9.85. The molecule has 0 spiro atoms. The molecule has 0 bridgehead atoms. The number of rotatable bonds is 7. The van der Waals surface area contributed by atoms with Crippen LogP contribution < -0.4 is 9.47 Å². The lowest BCUT2D eigenvalue weighted by atomic mass is 9.93. The number of hydrogen-bond acceptors (Lipinski definition) is 6. The van der Waals surface area contributed by atoms with Crippen LogP contribution in [-0.4, -0.2) is 53.1 Å². The Bertz CT molecular complexity index is 808. The maximum atomic E-state index is 10.3. The summed E-state index contributed by atoms with van der Waals surface area (Å²) in [5, 5.41) is 29.5. The molecule has 1 aliphatic rings. The van der Waals surface area contributed by atoms with Crippen LogP contribution in [0.1, 0.15) is 40.8 Å². The van der Waals surface area contributed by atoms with Gasteiger partial charge in [-0.2, -0.15) is 0 Å². The van der Waals surface area contributed by atoms with E-state index < -0.39 is 17.5 Å². The topological polar surface area (TPSA) is 79.2 Å². The fourth-order valence-electron chi connectivity index (χ4n) is 3.76. The summed E-state index contributed by atoms with van der Waals surface area (Å²) in [4.78, 5) is 0. The van der Waals surface area contributed by atoms with Crippen molar-refractivity contribution in [3.05, 3.63) is 58.7 Å². The molecule has 2 aromatic rings. The van der Waals surface area contributed by atoms with Crippen LogP contribution in [0.3, 0.4) is 0 Å². The van der Waals surface area contributed by atoms with E-state index in [1.165, 1.54) is 22.9 Å². The monoisotopic (exact) mass is 418 g/mol. The molecule has 1 fully saturated rings. The van der Waals surface area contributed by atoms with Crippen LogP contribution in [0, 0.1) is 6.92 Å². The van der Waals surface area contributed by atoms with Crippen LogP contribution in [-0.2, 0) is 6.42 Å². The molecule has 5 nitrogen and oxygen atoms in total. The molecule has 0 aromatic heterocycles. The van der Waals surface area contributed by atoms with Crippen molar-refractivity contribution in [3.8, 4) is 11.5 Å². The van der Waals surface area contributed by atoms with E-state index in [0.29, 0.717) is 13.0 Å². The zero-order chi connectivity index (χ0) is 21.0. The zero-order valence-electron chi connectivity index (χ0n) is 17.2. The number of thioether (sulfide) groups is 1. The van der Waals surface area contributed by atoms with Crippen molar-refractivity contribution in [2.75, 3.05) is 20.3 Å². The maximum absolute atomic E-state index is 10.3. The van der Waals surface area contributed by atoms with Crippen molar-refractivity contribution in [1.82, 2.24) is 0 Å². The van der Waals surface area contributed by atoms with Gasteiger partial charge in [0.25, 0.3) is 0 Å². The van der Waals surface area contributed by atoms with Gasteiger partial charge in [0.15, 0.2) is 0 Å². The van der Waals surface area contributed by atoms with E-state index in [2.05, 4.69) is 25.1 Å². The zero-order valence-corrected chi connectivity index (χ0v) is 18.0. The molecule has 2 aromatic carbocycles. The van der Waals surface area contributed by atoms with Gasteiger partial charge >= 0.3 is 0 Å². The van der Waals surface area contributed by atoms with Gasteiger partial charge in [0.05, 0.1) is 37.8 Å². The summed E-state index contributed by atoms with van der Waals surface area (Å²) < 4.78 is 11.1. The van der Waals surface area contributed by atoms with Crippen molar-refractivity contribution < 1.29 is 24.8 Å². The van der Waals surface area contributed by atoms with Gasteiger partial charge in [-0.1, -0.05) is 18.2 Å². The standard InChI is InChI=1S/C23H30O5S/c1-4-28-17-7-5-15(6-8-17)10-16-11-18(20(27-3)9-14(16)2)21-12-19(25)23(26)22(13-24)29-21/h5-9,11,19,21-26H,4,10,12-13H2,1-3H3. The van der Waals surface area contributed by atoms with E-state index in [0.717, 1.165) is 29.0 Å². The van der Waals surface area contributed by atoms with E-state index >= 15 is 0 Å². The summed E-state index contributed by atoms with van der Waals surface area (Å²) in [6.45, 7) is 4.51. The highest BCUT2D eigenvalue weighted by molar-refractivity contribution is 8.00. The van der Waals surface area contributed by atoms with Gasteiger partial charge in [0, 0.05) is 10.8 Å². The molecule has 158 valence electrons. The minimum absolute atomic E-state index is 0.0554. The first-order chi connectivity index (χ1) is 14.0. The molecule has 6 heteroatoms. The summed E-state index contributed by atoms with van der Waals surface area (Å²) >= 11 is 1.50. The van der Waals surface area contributed by atoms with Gasteiger partial charge < -0.3 is 24.8 Å². The third-order valence-corrected chi connectivity index (χ3v) is 6.97. The molecule has 0 radical (unpaired) electrons. The van der Waals surface area contributed by atoms with Crippen molar-refractivity contribution in [3.63, 3.8) is 0 Å². The van der Waals surface area contributed by atoms with Gasteiger partial charge in [0.2, 0.25) is 0 Å². The Kier molecular flexibility index (Phi) is 7.46. The number of aryl methyl sites for hydroxylation is 1. The van der Waals surface area contributed by atoms with Gasteiger partial charge in [-0.05, 0) is 61.6 Å². The van der Waals surface area contributed by atoms with Crippen molar-refractivity contribution >= 4 is 11.8 Å². The Balaban J connectivity index is 1.88. The van der Waals surface area contributed by atoms with Crippen molar-refractivity contribution in [2.24, 2.45) is 0 Å². The number of benzene rings is 2. The number of methoxy groups -OCH3 is 1. The Morgan fingerprint density at radius 1 is 1.14 bits per heavy atom. The summed E-state index contributed by atoms with van der Waals surface area (Å²) in [6, 6.07) is 12.3. The lowest BCUT2D eigenvalue weighted by molar-refractivity contribution is -0.000283. The molecular weight excluding hydrogens is 388 g/mol. The quantitative estimate of drug-likeness (QED) is 0.641. The average Bonchev–Trinajstić information content (AvgIpc) is 2.72. The predicted molar refractivity (Wildman–Crippen MR) is 116 cm³/mol. The predicted octanol–water partition coefficient (Wildman–Crippen LogP) is 3.25. The highest BCUT2D eigenvalue weighted by Gasteiger charge is 2.37. The second-order valence-electron chi connectivity index (χ2n) is 7.41. The normalized spacial score (nSPS) is 24.3. The first-order valence-electron chi connectivity index (χ1n) is 9.98. The molecule has 1 aliphatic heterocycles. The molecule has 3 N–H and O–H groups in total. The second-order valence-corrected chi connectivity index (χ2v) is 8.86. The first kappa shape index (κ1) is 22.0. The van der Waals surface area contributed by atoms with Crippen LogP contribution in [0.2, 0.25) is 0 Å². The first-order valence-corrected chi connectivity index (χ1v) is 10.9. The molecule has 0 amide bonds. The molecule has 1 saturated heterocycles. The lowest BCUT2D eigenvalue weighted by Crippen LogP contribution is -2.42. The largest absolute Gasteiger partial charge is 0.496 e. The molecule has 0 saturated carbocycles. The van der Waals surface area contributed by atoms with Gasteiger partial charge in [0.1, 0.15) is 11.5 Å². The number of ether oxygens (including phenoxy) is 2. The maximum Gasteiger partial charge on any atom is 0.123 e. The molecule has 1 heterocycles. The molecule has 4 atom stereocenters. The fraction of sp³-hybridized carbons (Fsp3) is 0.478. The number of aliphatic hydroxyl groups is 3. The van der Waals surface area contributed by atoms with Crippen LogP contribution in [0.4, 0.5) is 0 Å². The Labute approximate surface area is 176 Å². The van der Waals surface area contributed by atoms with E-state index in [9.17, 15) is 15.3 Å². The Morgan fingerprint density at radius 2 is 1.86 bits per heavy atom. The van der Waals surface area contributed by atoms with E-state index in [-0.39, 0.29) is 11.9 Å². The van der Waals surface area contributed by atoms with Gasteiger partial charge in [-0.3, -0.25) is 0 Å². The van der Waals surface area contributed by atoms with Crippen molar-refractivity contribution in [1.29, 1.82) is 0 Å². The van der Waals surface area contributed by atoms with Crippen LogP contribution in [0.15, 0.2) is 36.4 Å². The van der Waals surface area contributed by atoms with Gasteiger partial charge in [-0.15, -0.1) is 11.8 Å². The smallest absolute Gasteiger partial charge is 0.123 e. The number of hydrogen-bond donors (Lipinski definition) is 3. The summed E-state index contributed by atoms with van der Waals surface area (Å²) in [6.07, 6.45) is -0.578. The minimum Gasteiger partial charge on any atom is -0.496 e. The summed E-state index contributed by atoms with van der Waals surface area (Å²) in [7, 11) is 1.65.